The molecule has 146 valence electrons. The number of ether oxygens (including phenoxy) is 2. The highest BCUT2D eigenvalue weighted by molar-refractivity contribution is 7.89. The first-order valence-corrected chi connectivity index (χ1v) is 9.97. The van der Waals surface area contributed by atoms with E-state index in [4.69, 9.17) is 14.6 Å². The minimum atomic E-state index is -3.67. The summed E-state index contributed by atoms with van der Waals surface area (Å²) in [6.45, 7) is 0.531. The van der Waals surface area contributed by atoms with Crippen molar-refractivity contribution in [1.82, 2.24) is 5.32 Å². The van der Waals surface area contributed by atoms with E-state index in [9.17, 15) is 13.2 Å². The van der Waals surface area contributed by atoms with E-state index in [2.05, 4.69) is 5.32 Å². The van der Waals surface area contributed by atoms with E-state index in [0.29, 0.717) is 18.0 Å². The zero-order chi connectivity index (χ0) is 19.9. The second kappa shape index (κ2) is 9.38. The van der Waals surface area contributed by atoms with Crippen molar-refractivity contribution >= 4 is 15.9 Å². The molecule has 7 nitrogen and oxygen atoms in total. The number of hydrogen-bond donors (Lipinski definition) is 2. The third-order valence-corrected chi connectivity index (χ3v) is 4.96. The Morgan fingerprint density at radius 2 is 1.63 bits per heavy atom. The number of amides is 1. The second-order valence-electron chi connectivity index (χ2n) is 6.01. The maximum Gasteiger partial charge on any atom is 0.238 e. The van der Waals surface area contributed by atoms with Gasteiger partial charge in [-0.05, 0) is 48.2 Å². The molecule has 2 aromatic carbocycles. The lowest BCUT2D eigenvalue weighted by atomic mass is 10.1. The zero-order valence-corrected chi connectivity index (χ0v) is 16.2. The Hall–Kier alpha value is -2.58. The molecule has 0 saturated heterocycles. The van der Waals surface area contributed by atoms with E-state index in [1.54, 1.807) is 38.5 Å². The monoisotopic (exact) mass is 392 g/mol. The van der Waals surface area contributed by atoms with Crippen LogP contribution in [0.15, 0.2) is 47.4 Å². The number of primary sulfonamides is 1. The second-order valence-corrected chi connectivity index (χ2v) is 7.57. The molecule has 0 aliphatic carbocycles. The molecule has 8 heteroatoms. The molecule has 0 atom stereocenters. The van der Waals surface area contributed by atoms with Crippen LogP contribution < -0.4 is 19.9 Å². The number of aryl methyl sites for hydroxylation is 1. The van der Waals surface area contributed by atoms with Gasteiger partial charge < -0.3 is 14.8 Å². The van der Waals surface area contributed by atoms with Crippen LogP contribution in [0.1, 0.15) is 17.5 Å². The van der Waals surface area contributed by atoms with Gasteiger partial charge in [0, 0.05) is 6.54 Å². The summed E-state index contributed by atoms with van der Waals surface area (Å²) in [4.78, 5) is 12.2. The van der Waals surface area contributed by atoms with E-state index >= 15 is 0 Å². The van der Waals surface area contributed by atoms with Gasteiger partial charge in [-0.3, -0.25) is 4.79 Å². The SMILES string of the molecule is COc1ccc(CC(=O)NCCCc2ccc(S(N)(=O)=O)cc2)cc1OC. The summed E-state index contributed by atoms with van der Waals surface area (Å²) in [5.41, 5.74) is 1.82. The Morgan fingerprint density at radius 1 is 1.00 bits per heavy atom. The summed E-state index contributed by atoms with van der Waals surface area (Å²) in [7, 11) is -0.554. The molecule has 0 aliphatic heterocycles. The lowest BCUT2D eigenvalue weighted by Crippen LogP contribution is -2.26. The molecule has 0 heterocycles. The number of benzene rings is 2. The lowest BCUT2D eigenvalue weighted by molar-refractivity contribution is -0.120. The lowest BCUT2D eigenvalue weighted by Gasteiger charge is -2.10. The van der Waals surface area contributed by atoms with Crippen molar-refractivity contribution in [3.8, 4) is 11.5 Å². The van der Waals surface area contributed by atoms with E-state index in [-0.39, 0.29) is 17.2 Å². The predicted octanol–water partition coefficient (Wildman–Crippen LogP) is 1.64. The smallest absolute Gasteiger partial charge is 0.238 e. The fraction of sp³-hybridized carbons (Fsp3) is 0.316. The van der Waals surface area contributed by atoms with Gasteiger partial charge in [-0.2, -0.15) is 0 Å². The quantitative estimate of drug-likeness (QED) is 0.631. The highest BCUT2D eigenvalue weighted by Crippen LogP contribution is 2.27. The van der Waals surface area contributed by atoms with Gasteiger partial charge in [0.25, 0.3) is 0 Å². The molecule has 0 unspecified atom stereocenters. The number of methoxy groups -OCH3 is 2. The number of sulfonamides is 1. The summed E-state index contributed by atoms with van der Waals surface area (Å²) >= 11 is 0. The van der Waals surface area contributed by atoms with Gasteiger partial charge in [0.15, 0.2) is 11.5 Å². The minimum Gasteiger partial charge on any atom is -0.493 e. The summed E-state index contributed by atoms with van der Waals surface area (Å²) in [5, 5.41) is 7.95. The van der Waals surface area contributed by atoms with Crippen LogP contribution in [-0.2, 0) is 27.7 Å². The Labute approximate surface area is 159 Å². The van der Waals surface area contributed by atoms with Gasteiger partial charge >= 0.3 is 0 Å². The molecule has 27 heavy (non-hydrogen) atoms. The summed E-state index contributed by atoms with van der Waals surface area (Å²) in [5.74, 6) is 1.13. The normalized spacial score (nSPS) is 11.1. The van der Waals surface area contributed by atoms with Crippen LogP contribution in [0.4, 0.5) is 0 Å². The van der Waals surface area contributed by atoms with Crippen molar-refractivity contribution in [3.05, 3.63) is 53.6 Å². The van der Waals surface area contributed by atoms with Crippen molar-refractivity contribution in [2.45, 2.75) is 24.2 Å². The first-order valence-electron chi connectivity index (χ1n) is 8.43. The predicted molar refractivity (Wildman–Crippen MR) is 102 cm³/mol. The molecule has 3 N–H and O–H groups in total. The van der Waals surface area contributed by atoms with Crippen LogP contribution in [0.3, 0.4) is 0 Å². The highest BCUT2D eigenvalue weighted by atomic mass is 32.2. The molecular weight excluding hydrogens is 368 g/mol. The molecule has 0 aromatic heterocycles. The van der Waals surface area contributed by atoms with E-state index in [0.717, 1.165) is 24.0 Å². The average molecular weight is 392 g/mol. The van der Waals surface area contributed by atoms with Gasteiger partial charge in [0.05, 0.1) is 25.5 Å². The fourth-order valence-corrected chi connectivity index (χ4v) is 3.12. The average Bonchev–Trinajstić information content (AvgIpc) is 2.64. The van der Waals surface area contributed by atoms with E-state index in [1.165, 1.54) is 12.1 Å². The number of hydrogen-bond acceptors (Lipinski definition) is 5. The molecule has 2 rings (SSSR count). The van der Waals surface area contributed by atoms with E-state index < -0.39 is 10.0 Å². The maximum absolute atomic E-state index is 12.1. The van der Waals surface area contributed by atoms with Crippen LogP contribution >= 0.6 is 0 Å². The Kier molecular flexibility index (Phi) is 7.20. The summed E-state index contributed by atoms with van der Waals surface area (Å²) < 4.78 is 32.9. The molecule has 0 fully saturated rings. The highest BCUT2D eigenvalue weighted by Gasteiger charge is 2.09. The largest absolute Gasteiger partial charge is 0.493 e. The Bertz CT molecular complexity index is 879. The number of rotatable bonds is 9. The molecule has 0 aliphatic rings. The standard InChI is InChI=1S/C19H24N2O5S/c1-25-17-10-7-15(12-18(17)26-2)13-19(22)21-11-3-4-14-5-8-16(9-6-14)27(20,23)24/h5-10,12H,3-4,11,13H2,1-2H3,(H,21,22)(H2,20,23,24). The van der Waals surface area contributed by atoms with Crippen molar-refractivity contribution in [2.24, 2.45) is 5.14 Å². The van der Waals surface area contributed by atoms with Crippen molar-refractivity contribution in [1.29, 1.82) is 0 Å². The van der Waals surface area contributed by atoms with Gasteiger partial charge in [0.1, 0.15) is 0 Å². The Balaban J connectivity index is 1.78. The van der Waals surface area contributed by atoms with Crippen LogP contribution in [0.2, 0.25) is 0 Å². The van der Waals surface area contributed by atoms with Gasteiger partial charge in [-0.25, -0.2) is 13.6 Å². The van der Waals surface area contributed by atoms with Crippen LogP contribution in [0, 0.1) is 0 Å². The third kappa shape index (κ3) is 6.26. The number of nitrogens with two attached hydrogens (primary N) is 1. The van der Waals surface area contributed by atoms with Crippen molar-refractivity contribution in [3.63, 3.8) is 0 Å². The van der Waals surface area contributed by atoms with Crippen molar-refractivity contribution < 1.29 is 22.7 Å². The molecule has 0 saturated carbocycles. The van der Waals surface area contributed by atoms with Crippen molar-refractivity contribution in [2.75, 3.05) is 20.8 Å². The number of carbonyl (C=O) groups excluding carboxylic acids is 1. The summed E-state index contributed by atoms with van der Waals surface area (Å²) in [6.07, 6.45) is 1.72. The van der Waals surface area contributed by atoms with E-state index in [1.807, 2.05) is 6.07 Å². The van der Waals surface area contributed by atoms with Crippen LogP contribution in [-0.4, -0.2) is 35.1 Å². The Morgan fingerprint density at radius 3 is 2.22 bits per heavy atom. The first kappa shape index (κ1) is 20.7. The molecule has 0 spiro atoms. The first-order chi connectivity index (χ1) is 12.8. The van der Waals surface area contributed by atoms with Gasteiger partial charge in [-0.1, -0.05) is 18.2 Å². The third-order valence-electron chi connectivity index (χ3n) is 4.03. The fourth-order valence-electron chi connectivity index (χ4n) is 2.60. The van der Waals surface area contributed by atoms with Crippen LogP contribution in [0.5, 0.6) is 11.5 Å². The van der Waals surface area contributed by atoms with Crippen LogP contribution in [0.25, 0.3) is 0 Å². The van der Waals surface area contributed by atoms with Gasteiger partial charge in [0.2, 0.25) is 15.9 Å². The molecule has 0 radical (unpaired) electrons. The molecular formula is C19H24N2O5S. The number of nitrogens with one attached hydrogen (secondary N) is 1. The topological polar surface area (TPSA) is 108 Å². The minimum absolute atomic E-state index is 0.0770. The summed E-state index contributed by atoms with van der Waals surface area (Å²) in [6, 6.07) is 11.8. The number of carbonyl (C=O) groups is 1. The maximum atomic E-state index is 12.1. The molecule has 2 aromatic rings. The van der Waals surface area contributed by atoms with Gasteiger partial charge in [-0.15, -0.1) is 0 Å². The zero-order valence-electron chi connectivity index (χ0n) is 15.4. The molecule has 0 bridgehead atoms. The molecule has 1 amide bonds.